The number of benzene rings is 5. The summed E-state index contributed by atoms with van der Waals surface area (Å²) in [6, 6.07) is 32.9. The van der Waals surface area contributed by atoms with Gasteiger partial charge in [0.05, 0.1) is 0 Å². The minimum Gasteiger partial charge on any atom is -0.391 e. The quantitative estimate of drug-likeness (QED) is 0.270. The van der Waals surface area contributed by atoms with E-state index >= 15 is 0 Å². The first kappa shape index (κ1) is 19.8. The second-order valence-corrected chi connectivity index (χ2v) is 9.20. The van der Waals surface area contributed by atoms with Crippen molar-refractivity contribution in [1.29, 1.82) is 0 Å². The molecule has 0 fully saturated rings. The summed E-state index contributed by atoms with van der Waals surface area (Å²) in [5.74, 6) is 0.707. The lowest BCUT2D eigenvalue weighted by Gasteiger charge is -2.12. The van der Waals surface area contributed by atoms with Gasteiger partial charge in [0.15, 0.2) is 0 Å². The van der Waals surface area contributed by atoms with Crippen LogP contribution >= 0.6 is 8.24 Å². The van der Waals surface area contributed by atoms with Gasteiger partial charge >= 0.3 is 8.24 Å². The molecule has 0 saturated carbocycles. The Bertz CT molecular complexity index is 1570. The van der Waals surface area contributed by atoms with Crippen LogP contribution in [0.4, 0.5) is 5.69 Å². The van der Waals surface area contributed by atoms with E-state index in [0.717, 1.165) is 49.2 Å². The number of hydrogen-bond donors (Lipinski definition) is 0. The Balaban J connectivity index is 1.67. The van der Waals surface area contributed by atoms with Gasteiger partial charge in [-0.05, 0) is 57.9 Å². The van der Waals surface area contributed by atoms with E-state index in [4.69, 9.17) is 12.9 Å². The topological polar surface area (TPSA) is 38.8 Å². The van der Waals surface area contributed by atoms with Crippen LogP contribution in [0.3, 0.4) is 0 Å². The third-order valence-corrected chi connectivity index (χ3v) is 6.96. The summed E-state index contributed by atoms with van der Waals surface area (Å²) in [6.07, 6.45) is 0. The van der Waals surface area contributed by atoms with Crippen molar-refractivity contribution < 1.29 is 12.9 Å². The molecule has 0 amide bonds. The van der Waals surface area contributed by atoms with Crippen LogP contribution in [0.2, 0.25) is 0 Å². The fourth-order valence-electron chi connectivity index (χ4n) is 4.28. The molecule has 0 N–H and O–H groups in total. The van der Waals surface area contributed by atoms with Crippen molar-refractivity contribution in [2.24, 2.45) is 0 Å². The van der Waals surface area contributed by atoms with Gasteiger partial charge in [-0.1, -0.05) is 60.7 Å². The summed E-state index contributed by atoms with van der Waals surface area (Å²) < 4.78 is 19.0. The Morgan fingerprint density at radius 3 is 1.64 bits per heavy atom. The molecule has 0 aliphatic carbocycles. The Labute approximate surface area is 192 Å². The molecule has 0 bridgehead atoms. The summed E-state index contributed by atoms with van der Waals surface area (Å²) in [5, 5.41) is 6.65. The predicted molar refractivity (Wildman–Crippen MR) is 138 cm³/mol. The molecule has 4 nitrogen and oxygen atoms in total. The van der Waals surface area contributed by atoms with Gasteiger partial charge in [0.25, 0.3) is 0 Å². The highest BCUT2D eigenvalue weighted by Crippen LogP contribution is 2.41. The van der Waals surface area contributed by atoms with Crippen LogP contribution in [-0.2, 0) is 0 Å². The lowest BCUT2D eigenvalue weighted by atomic mass is 9.99. The summed E-state index contributed by atoms with van der Waals surface area (Å²) in [4.78, 5) is 2.05. The fraction of sp³-hybridized carbons (Fsp3) is 0.0714. The maximum atomic E-state index is 6.39. The van der Waals surface area contributed by atoms with E-state index < -0.39 is 8.24 Å². The number of hydrogen-bond acceptors (Lipinski definition) is 4. The molecule has 0 saturated heterocycles. The number of rotatable bonds is 3. The van der Waals surface area contributed by atoms with E-state index in [2.05, 4.69) is 65.6 Å². The van der Waals surface area contributed by atoms with E-state index in [9.17, 15) is 0 Å². The first-order chi connectivity index (χ1) is 16.2. The van der Waals surface area contributed by atoms with Crippen LogP contribution in [0, 0.1) is 0 Å². The molecular weight excluding hydrogens is 429 g/mol. The van der Waals surface area contributed by atoms with E-state index in [1.165, 1.54) is 0 Å². The fourth-order valence-corrected chi connectivity index (χ4v) is 5.31. The van der Waals surface area contributed by atoms with Gasteiger partial charge in [-0.3, -0.25) is 0 Å². The molecule has 162 valence electrons. The van der Waals surface area contributed by atoms with Crippen LogP contribution in [0.1, 0.15) is 0 Å². The smallest absolute Gasteiger partial charge is 0.391 e. The zero-order valence-corrected chi connectivity index (χ0v) is 19.3. The van der Waals surface area contributed by atoms with Crippen molar-refractivity contribution in [2.75, 3.05) is 19.0 Å². The number of nitrogens with zero attached hydrogens (tertiary/aromatic N) is 1. The Morgan fingerprint density at radius 2 is 1.12 bits per heavy atom. The molecule has 33 heavy (non-hydrogen) atoms. The van der Waals surface area contributed by atoms with Crippen LogP contribution < -0.4 is 9.42 Å². The average molecular weight is 451 g/mol. The molecular formula is C28H22NO3P. The SMILES string of the molecule is CN(C)c1ccc(Op2oc3ccc4ccccc4c3c3c(ccc4ccccc43)o2)cc1. The molecule has 6 rings (SSSR count). The zero-order valence-electron chi connectivity index (χ0n) is 18.4. The first-order valence-corrected chi connectivity index (χ1v) is 11.9. The minimum atomic E-state index is -1.70. The van der Waals surface area contributed by atoms with Crippen LogP contribution in [-0.4, -0.2) is 14.1 Å². The van der Waals surface area contributed by atoms with Crippen LogP contribution in [0.5, 0.6) is 5.75 Å². The molecule has 0 aliphatic rings. The monoisotopic (exact) mass is 451 g/mol. The number of fused-ring (bicyclic) bond motifs is 7. The molecule has 5 aromatic carbocycles. The zero-order chi connectivity index (χ0) is 22.4. The van der Waals surface area contributed by atoms with Gasteiger partial charge in [-0.2, -0.15) is 0 Å². The number of anilines is 1. The second-order valence-electron chi connectivity index (χ2n) is 8.21. The van der Waals surface area contributed by atoms with Crippen molar-refractivity contribution in [3.63, 3.8) is 0 Å². The maximum absolute atomic E-state index is 6.39. The van der Waals surface area contributed by atoms with Gasteiger partial charge in [0, 0.05) is 30.6 Å². The second kappa shape index (κ2) is 7.91. The Morgan fingerprint density at radius 1 is 0.606 bits per heavy atom. The summed E-state index contributed by atoms with van der Waals surface area (Å²) in [7, 11) is 2.33. The van der Waals surface area contributed by atoms with Crippen molar-refractivity contribution in [1.82, 2.24) is 0 Å². The normalized spacial score (nSPS) is 11.3. The molecule has 1 aromatic heterocycles. The standard InChI is InChI=1S/C28H22NO3P/c1-29(2)21-13-15-22(16-14-21)30-33-31-25-17-11-19-7-3-5-9-23(19)27(25)28-24-10-6-4-8-20(24)12-18-26(28)32-33/h3-18H,1-2H3. The Hall–Kier alpha value is -3.88. The van der Waals surface area contributed by atoms with Gasteiger partial charge in [0.2, 0.25) is 0 Å². The Kier molecular flexibility index (Phi) is 4.74. The van der Waals surface area contributed by atoms with E-state index in [-0.39, 0.29) is 0 Å². The van der Waals surface area contributed by atoms with Gasteiger partial charge < -0.3 is 17.8 Å². The molecule has 0 spiro atoms. The summed E-state index contributed by atoms with van der Waals surface area (Å²) in [6.45, 7) is 0. The van der Waals surface area contributed by atoms with Crippen molar-refractivity contribution in [2.45, 2.75) is 0 Å². The first-order valence-electron chi connectivity index (χ1n) is 10.8. The lowest BCUT2D eigenvalue weighted by Crippen LogP contribution is -2.07. The summed E-state index contributed by atoms with van der Waals surface area (Å²) in [5.41, 5.74) is 2.63. The van der Waals surface area contributed by atoms with E-state index in [1.54, 1.807) is 0 Å². The highest BCUT2D eigenvalue weighted by Gasteiger charge is 2.14. The molecule has 0 unspecified atom stereocenters. The molecule has 1 heterocycles. The van der Waals surface area contributed by atoms with Gasteiger partial charge in [-0.15, -0.1) is 0 Å². The summed E-state index contributed by atoms with van der Waals surface area (Å²) >= 11 is 0. The predicted octanol–water partition coefficient (Wildman–Crippen LogP) is 8.50. The van der Waals surface area contributed by atoms with Crippen molar-refractivity contribution in [3.05, 3.63) is 97.1 Å². The van der Waals surface area contributed by atoms with Crippen LogP contribution in [0.15, 0.2) is 105 Å². The largest absolute Gasteiger partial charge is 0.453 e. The molecule has 0 aliphatic heterocycles. The molecule has 5 heteroatoms. The minimum absolute atomic E-state index is 0.707. The van der Waals surface area contributed by atoms with Gasteiger partial charge in [-0.25, -0.2) is 0 Å². The maximum Gasteiger partial charge on any atom is 0.453 e. The molecule has 0 radical (unpaired) electrons. The van der Waals surface area contributed by atoms with Crippen LogP contribution in [0.25, 0.3) is 43.5 Å². The van der Waals surface area contributed by atoms with E-state index in [0.29, 0.717) is 5.75 Å². The average Bonchev–Trinajstić information content (AvgIpc) is 3.01. The highest BCUT2D eigenvalue weighted by molar-refractivity contribution is 7.32. The highest BCUT2D eigenvalue weighted by atomic mass is 31.1. The van der Waals surface area contributed by atoms with Crippen molar-refractivity contribution >= 4 is 57.4 Å². The lowest BCUT2D eigenvalue weighted by molar-refractivity contribution is 0.498. The molecule has 6 aromatic rings. The van der Waals surface area contributed by atoms with Crippen molar-refractivity contribution in [3.8, 4) is 5.75 Å². The van der Waals surface area contributed by atoms with E-state index in [1.807, 2.05) is 50.5 Å². The third kappa shape index (κ3) is 3.49. The molecule has 0 atom stereocenters. The van der Waals surface area contributed by atoms with Gasteiger partial charge in [0.1, 0.15) is 16.9 Å². The third-order valence-electron chi connectivity index (χ3n) is 5.91.